The highest BCUT2D eigenvalue weighted by Crippen LogP contribution is 2.16. The van der Waals surface area contributed by atoms with Gasteiger partial charge in [-0.05, 0) is 30.2 Å². The zero-order chi connectivity index (χ0) is 18.4. The van der Waals surface area contributed by atoms with Crippen molar-refractivity contribution < 1.29 is 14.0 Å². The average Bonchev–Trinajstić information content (AvgIpc) is 3.21. The fourth-order valence-corrected chi connectivity index (χ4v) is 3.15. The molecule has 26 heavy (non-hydrogen) atoms. The van der Waals surface area contributed by atoms with Crippen LogP contribution in [0.1, 0.15) is 29.5 Å². The van der Waals surface area contributed by atoms with Crippen molar-refractivity contribution in [2.75, 3.05) is 38.0 Å². The van der Waals surface area contributed by atoms with Gasteiger partial charge in [-0.1, -0.05) is 25.1 Å². The van der Waals surface area contributed by atoms with Crippen molar-refractivity contribution in [1.29, 1.82) is 0 Å². The summed E-state index contributed by atoms with van der Waals surface area (Å²) in [5.74, 6) is 0.343. The number of furan rings is 1. The van der Waals surface area contributed by atoms with Gasteiger partial charge in [0.25, 0.3) is 5.91 Å². The third-order valence-electron chi connectivity index (χ3n) is 4.72. The number of amides is 2. The maximum absolute atomic E-state index is 12.2. The lowest BCUT2D eigenvalue weighted by Crippen LogP contribution is -2.49. The van der Waals surface area contributed by atoms with Crippen LogP contribution in [0.3, 0.4) is 0 Å². The molecule has 1 fully saturated rings. The molecule has 0 aliphatic carbocycles. The molecule has 0 spiro atoms. The molecule has 2 heterocycles. The minimum Gasteiger partial charge on any atom is -0.459 e. The number of nitrogens with one attached hydrogen (secondary N) is 1. The highest BCUT2D eigenvalue weighted by molar-refractivity contribution is 5.92. The second-order valence-electron chi connectivity index (χ2n) is 6.42. The summed E-state index contributed by atoms with van der Waals surface area (Å²) < 4.78 is 5.17. The predicted octanol–water partition coefficient (Wildman–Crippen LogP) is 2.63. The van der Waals surface area contributed by atoms with Gasteiger partial charge >= 0.3 is 0 Å². The number of piperazine rings is 1. The van der Waals surface area contributed by atoms with E-state index in [1.807, 2.05) is 24.3 Å². The van der Waals surface area contributed by atoms with E-state index in [0.29, 0.717) is 31.8 Å². The number of rotatable bonds is 6. The molecule has 1 aliphatic rings. The van der Waals surface area contributed by atoms with E-state index in [0.717, 1.165) is 30.8 Å². The van der Waals surface area contributed by atoms with E-state index >= 15 is 0 Å². The van der Waals surface area contributed by atoms with Gasteiger partial charge in [-0.25, -0.2) is 0 Å². The highest BCUT2D eigenvalue weighted by atomic mass is 16.3. The van der Waals surface area contributed by atoms with E-state index in [2.05, 4.69) is 17.1 Å². The van der Waals surface area contributed by atoms with E-state index in [9.17, 15) is 9.59 Å². The molecule has 0 bridgehead atoms. The molecule has 1 aromatic carbocycles. The summed E-state index contributed by atoms with van der Waals surface area (Å²) in [6.45, 7) is 5.62. The number of nitrogens with zero attached hydrogens (tertiary/aromatic N) is 2. The predicted molar refractivity (Wildman–Crippen MR) is 100 cm³/mol. The van der Waals surface area contributed by atoms with Crippen LogP contribution in [-0.2, 0) is 11.2 Å². The largest absolute Gasteiger partial charge is 0.459 e. The van der Waals surface area contributed by atoms with Crippen molar-refractivity contribution in [2.24, 2.45) is 0 Å². The van der Waals surface area contributed by atoms with Crippen LogP contribution in [0.25, 0.3) is 0 Å². The van der Waals surface area contributed by atoms with Crippen molar-refractivity contribution in [3.63, 3.8) is 0 Å². The molecule has 3 rings (SSSR count). The maximum Gasteiger partial charge on any atom is 0.289 e. The Kier molecular flexibility index (Phi) is 6.07. The maximum atomic E-state index is 12.2. The van der Waals surface area contributed by atoms with Crippen LogP contribution >= 0.6 is 0 Å². The summed E-state index contributed by atoms with van der Waals surface area (Å²) in [7, 11) is 0. The van der Waals surface area contributed by atoms with Crippen molar-refractivity contribution in [2.45, 2.75) is 19.8 Å². The molecule has 1 N–H and O–H groups in total. The minimum atomic E-state index is -0.0661. The standard InChI is InChI=1S/C20H25N3O3/c1-2-16-6-3-4-7-17(16)21-19(24)9-10-22-11-13-23(14-12-22)20(25)18-8-5-15-26-18/h3-8,15H,2,9-14H2,1H3,(H,21,24). The first-order valence-electron chi connectivity index (χ1n) is 9.10. The van der Waals surface area contributed by atoms with Crippen molar-refractivity contribution in [1.82, 2.24) is 9.80 Å². The van der Waals surface area contributed by atoms with Gasteiger partial charge in [-0.3, -0.25) is 14.5 Å². The molecular weight excluding hydrogens is 330 g/mol. The number of hydrogen-bond acceptors (Lipinski definition) is 4. The van der Waals surface area contributed by atoms with Crippen LogP contribution in [0.15, 0.2) is 47.1 Å². The van der Waals surface area contributed by atoms with Gasteiger partial charge in [0, 0.05) is 44.8 Å². The Morgan fingerprint density at radius 3 is 2.54 bits per heavy atom. The zero-order valence-electron chi connectivity index (χ0n) is 15.1. The van der Waals surface area contributed by atoms with E-state index < -0.39 is 0 Å². The van der Waals surface area contributed by atoms with Gasteiger partial charge in [0.15, 0.2) is 5.76 Å². The van der Waals surface area contributed by atoms with E-state index in [4.69, 9.17) is 4.42 Å². The third kappa shape index (κ3) is 4.52. The topological polar surface area (TPSA) is 65.8 Å². The quantitative estimate of drug-likeness (QED) is 0.865. The molecule has 1 aromatic heterocycles. The lowest BCUT2D eigenvalue weighted by Gasteiger charge is -2.34. The van der Waals surface area contributed by atoms with Crippen molar-refractivity contribution in [3.05, 3.63) is 54.0 Å². The van der Waals surface area contributed by atoms with Gasteiger partial charge < -0.3 is 14.6 Å². The Hall–Kier alpha value is -2.60. The number of para-hydroxylation sites is 1. The van der Waals surface area contributed by atoms with Gasteiger partial charge in [0.05, 0.1) is 6.26 Å². The molecule has 0 saturated carbocycles. The normalized spacial score (nSPS) is 15.0. The lowest BCUT2D eigenvalue weighted by atomic mass is 10.1. The molecule has 6 heteroatoms. The summed E-state index contributed by atoms with van der Waals surface area (Å²) in [4.78, 5) is 28.5. The summed E-state index contributed by atoms with van der Waals surface area (Å²) in [6.07, 6.45) is 2.85. The number of anilines is 1. The molecule has 1 saturated heterocycles. The van der Waals surface area contributed by atoms with Crippen LogP contribution in [0.2, 0.25) is 0 Å². The number of benzene rings is 1. The molecule has 138 valence electrons. The number of carbonyl (C=O) groups is 2. The Morgan fingerprint density at radius 1 is 1.08 bits per heavy atom. The summed E-state index contributed by atoms with van der Waals surface area (Å²) in [5, 5.41) is 3.00. The van der Waals surface area contributed by atoms with Crippen molar-refractivity contribution >= 4 is 17.5 Å². The van der Waals surface area contributed by atoms with Crippen LogP contribution < -0.4 is 5.32 Å². The lowest BCUT2D eigenvalue weighted by molar-refractivity contribution is -0.116. The monoisotopic (exact) mass is 355 g/mol. The number of aryl methyl sites for hydroxylation is 1. The zero-order valence-corrected chi connectivity index (χ0v) is 15.1. The fourth-order valence-electron chi connectivity index (χ4n) is 3.15. The van der Waals surface area contributed by atoms with Crippen molar-refractivity contribution in [3.8, 4) is 0 Å². The van der Waals surface area contributed by atoms with Gasteiger partial charge in [-0.15, -0.1) is 0 Å². The molecule has 0 radical (unpaired) electrons. The van der Waals surface area contributed by atoms with Gasteiger partial charge in [0.1, 0.15) is 0 Å². The summed E-state index contributed by atoms with van der Waals surface area (Å²) in [5.41, 5.74) is 2.04. The Labute approximate surface area is 153 Å². The van der Waals surface area contributed by atoms with E-state index in [-0.39, 0.29) is 11.8 Å². The Morgan fingerprint density at radius 2 is 1.85 bits per heavy atom. The second-order valence-corrected chi connectivity index (χ2v) is 6.42. The number of hydrogen-bond donors (Lipinski definition) is 1. The van der Waals surface area contributed by atoms with Gasteiger partial charge in [0.2, 0.25) is 5.91 Å². The number of carbonyl (C=O) groups excluding carboxylic acids is 2. The Balaban J connectivity index is 1.42. The molecule has 0 unspecified atom stereocenters. The molecule has 1 aliphatic heterocycles. The first kappa shape index (κ1) is 18.2. The molecule has 0 atom stereocenters. The first-order valence-corrected chi connectivity index (χ1v) is 9.10. The third-order valence-corrected chi connectivity index (χ3v) is 4.72. The van der Waals surface area contributed by atoms with Gasteiger partial charge in [-0.2, -0.15) is 0 Å². The SMILES string of the molecule is CCc1ccccc1NC(=O)CCN1CCN(C(=O)c2ccco2)CC1. The van der Waals surface area contributed by atoms with Crippen LogP contribution in [-0.4, -0.2) is 54.3 Å². The second kappa shape index (κ2) is 8.67. The van der Waals surface area contributed by atoms with E-state index in [1.54, 1.807) is 17.0 Å². The Bertz CT molecular complexity index is 735. The fraction of sp³-hybridized carbons (Fsp3) is 0.400. The summed E-state index contributed by atoms with van der Waals surface area (Å²) in [6, 6.07) is 11.3. The van der Waals surface area contributed by atoms with E-state index in [1.165, 1.54) is 6.26 Å². The van der Waals surface area contributed by atoms with Crippen LogP contribution in [0.4, 0.5) is 5.69 Å². The van der Waals surface area contributed by atoms with Crippen LogP contribution in [0, 0.1) is 0 Å². The molecular formula is C20H25N3O3. The first-order chi connectivity index (χ1) is 12.7. The molecule has 2 aromatic rings. The minimum absolute atomic E-state index is 0.0278. The smallest absolute Gasteiger partial charge is 0.289 e. The molecule has 2 amide bonds. The summed E-state index contributed by atoms with van der Waals surface area (Å²) >= 11 is 0. The molecule has 6 nitrogen and oxygen atoms in total. The average molecular weight is 355 g/mol. The van der Waals surface area contributed by atoms with Crippen LogP contribution in [0.5, 0.6) is 0 Å². The highest BCUT2D eigenvalue weighted by Gasteiger charge is 2.23.